The number of carbonyl (C=O) groups is 1. The number of amides is 1. The first-order chi connectivity index (χ1) is 8.78. The molecule has 5 nitrogen and oxygen atoms in total. The first-order valence-electron chi connectivity index (χ1n) is 6.08. The third kappa shape index (κ3) is 3.82. The molecule has 0 aromatic carbocycles. The zero-order valence-corrected chi connectivity index (χ0v) is 13.4. The van der Waals surface area contributed by atoms with Crippen molar-refractivity contribution in [1.29, 1.82) is 0 Å². The lowest BCUT2D eigenvalue weighted by Gasteiger charge is -2.17. The van der Waals surface area contributed by atoms with Crippen molar-refractivity contribution in [1.82, 2.24) is 9.47 Å². The molecular formula is C12H17BrN2O3S. The summed E-state index contributed by atoms with van der Waals surface area (Å²) in [4.78, 5) is 13.8. The van der Waals surface area contributed by atoms with Crippen LogP contribution in [0.3, 0.4) is 0 Å². The van der Waals surface area contributed by atoms with Gasteiger partial charge >= 0.3 is 0 Å². The van der Waals surface area contributed by atoms with Gasteiger partial charge in [0.05, 0.1) is 5.75 Å². The van der Waals surface area contributed by atoms with Crippen LogP contribution in [0.2, 0.25) is 0 Å². The van der Waals surface area contributed by atoms with Crippen LogP contribution in [-0.2, 0) is 9.84 Å². The van der Waals surface area contributed by atoms with Gasteiger partial charge in [-0.1, -0.05) is 0 Å². The van der Waals surface area contributed by atoms with Crippen molar-refractivity contribution in [3.63, 3.8) is 0 Å². The molecule has 7 heteroatoms. The summed E-state index contributed by atoms with van der Waals surface area (Å²) in [5, 5.41) is 0. The Kier molecular flexibility index (Phi) is 4.06. The lowest BCUT2D eigenvalue weighted by atomic mass is 10.3. The minimum Gasteiger partial charge on any atom is -0.339 e. The number of aromatic nitrogens is 1. The third-order valence-corrected chi connectivity index (χ3v) is 4.48. The molecule has 0 bridgehead atoms. The Balaban J connectivity index is 2.10. The van der Waals surface area contributed by atoms with E-state index in [1.165, 1.54) is 11.2 Å². The standard InChI is InChI=1S/C12H17BrN2O3S/c1-14(5-6-19(2,17)18)12(16)11-7-9(13)8-15(11)10-3-4-10/h7-8,10H,3-6H2,1-2H3. The highest BCUT2D eigenvalue weighted by molar-refractivity contribution is 9.10. The van der Waals surface area contributed by atoms with Gasteiger partial charge < -0.3 is 9.47 Å². The van der Waals surface area contributed by atoms with Crippen molar-refractivity contribution in [2.24, 2.45) is 0 Å². The zero-order valence-electron chi connectivity index (χ0n) is 11.0. The summed E-state index contributed by atoms with van der Waals surface area (Å²) in [7, 11) is -1.42. The first kappa shape index (κ1) is 14.6. The quantitative estimate of drug-likeness (QED) is 0.813. The van der Waals surface area contributed by atoms with E-state index in [4.69, 9.17) is 0 Å². The normalized spacial score (nSPS) is 15.5. The number of carbonyl (C=O) groups excluding carboxylic acids is 1. The Morgan fingerprint density at radius 3 is 2.68 bits per heavy atom. The van der Waals surface area contributed by atoms with Crippen molar-refractivity contribution in [2.45, 2.75) is 18.9 Å². The van der Waals surface area contributed by atoms with E-state index in [0.717, 1.165) is 17.3 Å². The summed E-state index contributed by atoms with van der Waals surface area (Å²) >= 11 is 3.38. The number of hydrogen-bond donors (Lipinski definition) is 0. The van der Waals surface area contributed by atoms with E-state index in [1.807, 2.05) is 10.8 Å². The number of halogens is 1. The van der Waals surface area contributed by atoms with E-state index >= 15 is 0 Å². The van der Waals surface area contributed by atoms with E-state index in [1.54, 1.807) is 13.1 Å². The van der Waals surface area contributed by atoms with Crippen LogP contribution < -0.4 is 0 Å². The molecule has 19 heavy (non-hydrogen) atoms. The molecule has 1 amide bonds. The second kappa shape index (κ2) is 5.28. The van der Waals surface area contributed by atoms with Crippen molar-refractivity contribution in [3.05, 3.63) is 22.4 Å². The fourth-order valence-corrected chi connectivity index (χ4v) is 2.91. The third-order valence-electron chi connectivity index (χ3n) is 3.12. The van der Waals surface area contributed by atoms with Gasteiger partial charge in [-0.2, -0.15) is 0 Å². The summed E-state index contributed by atoms with van der Waals surface area (Å²) in [6.45, 7) is 0.213. The summed E-state index contributed by atoms with van der Waals surface area (Å²) in [5.41, 5.74) is 0.616. The van der Waals surface area contributed by atoms with E-state index in [2.05, 4.69) is 15.9 Å². The van der Waals surface area contributed by atoms with Gasteiger partial charge in [-0.05, 0) is 34.8 Å². The number of rotatable bonds is 5. The summed E-state index contributed by atoms with van der Waals surface area (Å²) in [6.07, 6.45) is 5.27. The maximum atomic E-state index is 12.3. The van der Waals surface area contributed by atoms with E-state index in [9.17, 15) is 13.2 Å². The average molecular weight is 349 g/mol. The van der Waals surface area contributed by atoms with Crippen molar-refractivity contribution < 1.29 is 13.2 Å². The highest BCUT2D eigenvalue weighted by Crippen LogP contribution is 2.37. The van der Waals surface area contributed by atoms with E-state index < -0.39 is 9.84 Å². The molecule has 1 heterocycles. The van der Waals surface area contributed by atoms with Crippen LogP contribution in [0.15, 0.2) is 16.7 Å². The molecule has 0 radical (unpaired) electrons. The monoisotopic (exact) mass is 348 g/mol. The number of hydrogen-bond acceptors (Lipinski definition) is 3. The van der Waals surface area contributed by atoms with Gasteiger partial charge in [-0.15, -0.1) is 0 Å². The molecule has 1 aliphatic carbocycles. The van der Waals surface area contributed by atoms with Crippen molar-refractivity contribution in [3.8, 4) is 0 Å². The molecule has 106 valence electrons. The molecule has 2 rings (SSSR count). The van der Waals surface area contributed by atoms with Gasteiger partial charge in [0.2, 0.25) is 0 Å². The molecule has 0 atom stereocenters. The zero-order chi connectivity index (χ0) is 14.2. The molecule has 0 unspecified atom stereocenters. The Morgan fingerprint density at radius 2 is 2.16 bits per heavy atom. The van der Waals surface area contributed by atoms with Crippen LogP contribution in [-0.4, -0.2) is 49.4 Å². The predicted molar refractivity (Wildman–Crippen MR) is 77.1 cm³/mol. The minimum absolute atomic E-state index is 0.0133. The van der Waals surface area contributed by atoms with Gasteiger partial charge in [-0.25, -0.2) is 8.42 Å². The van der Waals surface area contributed by atoms with Crippen LogP contribution in [0.4, 0.5) is 0 Å². The highest BCUT2D eigenvalue weighted by atomic mass is 79.9. The number of nitrogens with zero attached hydrogens (tertiary/aromatic N) is 2. The topological polar surface area (TPSA) is 59.4 Å². The highest BCUT2D eigenvalue weighted by Gasteiger charge is 2.28. The average Bonchev–Trinajstić information content (AvgIpc) is 3.07. The molecular weight excluding hydrogens is 332 g/mol. The first-order valence-corrected chi connectivity index (χ1v) is 8.94. The van der Waals surface area contributed by atoms with Gasteiger partial charge in [0.25, 0.3) is 5.91 Å². The van der Waals surface area contributed by atoms with Crippen LogP contribution in [0.25, 0.3) is 0 Å². The molecule has 1 fully saturated rings. The van der Waals surface area contributed by atoms with Gasteiger partial charge in [-0.3, -0.25) is 4.79 Å². The summed E-state index contributed by atoms with van der Waals surface area (Å²) in [5.74, 6) is -0.151. The largest absolute Gasteiger partial charge is 0.339 e. The Bertz CT molecular complexity index is 590. The fourth-order valence-electron chi connectivity index (χ4n) is 1.87. The van der Waals surface area contributed by atoms with Crippen LogP contribution >= 0.6 is 15.9 Å². The van der Waals surface area contributed by atoms with E-state index in [0.29, 0.717) is 11.7 Å². The van der Waals surface area contributed by atoms with Crippen LogP contribution in [0, 0.1) is 0 Å². The van der Waals surface area contributed by atoms with Crippen molar-refractivity contribution in [2.75, 3.05) is 25.6 Å². The maximum absolute atomic E-state index is 12.3. The summed E-state index contributed by atoms with van der Waals surface area (Å²) < 4.78 is 25.1. The van der Waals surface area contributed by atoms with Crippen LogP contribution in [0.1, 0.15) is 29.4 Å². The second-order valence-corrected chi connectivity index (χ2v) is 8.21. The fraction of sp³-hybridized carbons (Fsp3) is 0.583. The van der Waals surface area contributed by atoms with Gasteiger partial charge in [0, 0.05) is 36.6 Å². The Morgan fingerprint density at radius 1 is 1.53 bits per heavy atom. The second-order valence-electron chi connectivity index (χ2n) is 5.04. The molecule has 1 aromatic rings. The smallest absolute Gasteiger partial charge is 0.270 e. The van der Waals surface area contributed by atoms with Crippen molar-refractivity contribution >= 4 is 31.7 Å². The number of sulfone groups is 1. The lowest BCUT2D eigenvalue weighted by Crippen LogP contribution is -2.32. The lowest BCUT2D eigenvalue weighted by molar-refractivity contribution is 0.0792. The molecule has 0 spiro atoms. The molecule has 0 saturated heterocycles. The van der Waals surface area contributed by atoms with Gasteiger partial charge in [0.15, 0.2) is 0 Å². The molecule has 0 aliphatic heterocycles. The predicted octanol–water partition coefficient (Wildman–Crippen LogP) is 1.70. The molecule has 1 aromatic heterocycles. The summed E-state index contributed by atoms with van der Waals surface area (Å²) in [6, 6.07) is 2.20. The SMILES string of the molecule is CN(CCS(C)(=O)=O)C(=O)c1cc(Br)cn1C1CC1. The minimum atomic E-state index is -3.05. The van der Waals surface area contributed by atoms with E-state index in [-0.39, 0.29) is 18.2 Å². The maximum Gasteiger partial charge on any atom is 0.270 e. The Labute approximate surface area is 121 Å². The molecule has 0 N–H and O–H groups in total. The molecule has 1 aliphatic rings. The van der Waals surface area contributed by atoms with Gasteiger partial charge in [0.1, 0.15) is 15.5 Å². The van der Waals surface area contributed by atoms with Crippen LogP contribution in [0.5, 0.6) is 0 Å². The Hall–Kier alpha value is -0.820. The molecule has 1 saturated carbocycles.